The number of hydrogen-bond acceptors (Lipinski definition) is 5. The molecule has 1 amide bonds. The van der Waals surface area contributed by atoms with Gasteiger partial charge in [0.15, 0.2) is 0 Å². The van der Waals surface area contributed by atoms with E-state index in [4.69, 9.17) is 0 Å². The van der Waals surface area contributed by atoms with Crippen molar-refractivity contribution < 1.29 is 9.18 Å². The smallest absolute Gasteiger partial charge is 0.229 e. The summed E-state index contributed by atoms with van der Waals surface area (Å²) < 4.78 is 13.1. The van der Waals surface area contributed by atoms with Crippen LogP contribution in [0, 0.1) is 5.82 Å². The van der Waals surface area contributed by atoms with E-state index in [2.05, 4.69) is 32.4 Å². The van der Waals surface area contributed by atoms with Crippen molar-refractivity contribution in [3.63, 3.8) is 0 Å². The predicted molar refractivity (Wildman–Crippen MR) is 100 cm³/mol. The first-order chi connectivity index (χ1) is 12.5. The molecule has 26 heavy (non-hydrogen) atoms. The molecule has 138 valence electrons. The monoisotopic (exact) mass is 357 g/mol. The van der Waals surface area contributed by atoms with Crippen molar-refractivity contribution in [3.8, 4) is 0 Å². The van der Waals surface area contributed by atoms with Gasteiger partial charge in [-0.3, -0.25) is 4.79 Å². The molecule has 1 atom stereocenters. The largest absolute Gasteiger partial charge is 0.354 e. The second-order valence-electron chi connectivity index (χ2n) is 6.56. The molecule has 6 nitrogen and oxygen atoms in total. The van der Waals surface area contributed by atoms with Gasteiger partial charge in [0.05, 0.1) is 0 Å². The van der Waals surface area contributed by atoms with Crippen LogP contribution in [0.1, 0.15) is 32.4 Å². The van der Waals surface area contributed by atoms with E-state index in [0.29, 0.717) is 5.95 Å². The zero-order valence-electron chi connectivity index (χ0n) is 15.1. The van der Waals surface area contributed by atoms with Gasteiger partial charge in [-0.2, -0.15) is 4.98 Å². The lowest BCUT2D eigenvalue weighted by atomic mass is 10.2. The number of halogens is 1. The summed E-state index contributed by atoms with van der Waals surface area (Å²) in [6, 6.07) is 8.27. The Balaban J connectivity index is 1.80. The van der Waals surface area contributed by atoms with E-state index in [0.717, 1.165) is 49.6 Å². The molecule has 0 unspecified atom stereocenters. The van der Waals surface area contributed by atoms with Gasteiger partial charge in [0, 0.05) is 43.5 Å². The van der Waals surface area contributed by atoms with Gasteiger partial charge in [-0.15, -0.1) is 0 Å². The fourth-order valence-corrected chi connectivity index (χ4v) is 3.12. The van der Waals surface area contributed by atoms with Crippen molar-refractivity contribution >= 4 is 23.4 Å². The number of carbonyl (C=O) groups is 1. The van der Waals surface area contributed by atoms with Crippen LogP contribution in [0.3, 0.4) is 0 Å². The average molecular weight is 357 g/mol. The zero-order valence-corrected chi connectivity index (χ0v) is 15.1. The summed E-state index contributed by atoms with van der Waals surface area (Å²) in [5.41, 5.74) is 1.70. The number of carbonyl (C=O) groups excluding carboxylic acids is 1. The minimum Gasteiger partial charge on any atom is -0.354 e. The quantitative estimate of drug-likeness (QED) is 0.832. The fraction of sp³-hybridized carbons (Fsp3) is 0.421. The summed E-state index contributed by atoms with van der Waals surface area (Å²) in [5.74, 6) is 1.06. The number of rotatable bonds is 6. The SMILES string of the molecule is CCCc1cc(N2CC[C@@H](NC(C)=O)C2)nc(Nc2ccc(F)cc2)n1. The van der Waals surface area contributed by atoms with E-state index < -0.39 is 0 Å². The number of benzene rings is 1. The fourth-order valence-electron chi connectivity index (χ4n) is 3.12. The number of amides is 1. The van der Waals surface area contributed by atoms with Gasteiger partial charge >= 0.3 is 0 Å². The normalized spacial score (nSPS) is 16.6. The third-order valence-electron chi connectivity index (χ3n) is 4.29. The second-order valence-corrected chi connectivity index (χ2v) is 6.56. The summed E-state index contributed by atoms with van der Waals surface area (Å²) in [5, 5.41) is 6.12. The highest BCUT2D eigenvalue weighted by Crippen LogP contribution is 2.23. The van der Waals surface area contributed by atoms with E-state index in [1.54, 1.807) is 12.1 Å². The lowest BCUT2D eigenvalue weighted by Crippen LogP contribution is -2.35. The van der Waals surface area contributed by atoms with Crippen LogP contribution in [0.15, 0.2) is 30.3 Å². The Hall–Kier alpha value is -2.70. The highest BCUT2D eigenvalue weighted by molar-refractivity contribution is 5.73. The Morgan fingerprint density at radius 1 is 1.31 bits per heavy atom. The summed E-state index contributed by atoms with van der Waals surface area (Å²) >= 11 is 0. The molecular formula is C19H24FN5O. The van der Waals surface area contributed by atoms with Crippen molar-refractivity contribution in [1.82, 2.24) is 15.3 Å². The van der Waals surface area contributed by atoms with Crippen molar-refractivity contribution in [1.29, 1.82) is 0 Å². The highest BCUT2D eigenvalue weighted by Gasteiger charge is 2.24. The Labute approximate surface area is 152 Å². The molecular weight excluding hydrogens is 333 g/mol. The molecule has 1 aliphatic heterocycles. The van der Waals surface area contributed by atoms with Gasteiger partial charge in [0.2, 0.25) is 11.9 Å². The molecule has 1 aromatic carbocycles. The maximum atomic E-state index is 13.1. The van der Waals surface area contributed by atoms with Crippen LogP contribution in [-0.2, 0) is 11.2 Å². The molecule has 0 saturated carbocycles. The molecule has 7 heteroatoms. The Bertz CT molecular complexity index is 765. The summed E-state index contributed by atoms with van der Waals surface area (Å²) in [7, 11) is 0. The van der Waals surface area contributed by atoms with Gasteiger partial charge in [-0.05, 0) is 37.1 Å². The Morgan fingerprint density at radius 2 is 2.08 bits per heavy atom. The van der Waals surface area contributed by atoms with Crippen LogP contribution in [0.2, 0.25) is 0 Å². The molecule has 1 fully saturated rings. The van der Waals surface area contributed by atoms with Crippen molar-refractivity contribution in [2.75, 3.05) is 23.3 Å². The molecule has 0 aliphatic carbocycles. The maximum absolute atomic E-state index is 13.1. The van der Waals surface area contributed by atoms with Crippen molar-refractivity contribution in [2.45, 2.75) is 39.2 Å². The number of nitrogens with zero attached hydrogens (tertiary/aromatic N) is 3. The zero-order chi connectivity index (χ0) is 18.5. The third kappa shape index (κ3) is 4.68. The number of anilines is 3. The van der Waals surface area contributed by atoms with Crippen molar-refractivity contribution in [3.05, 3.63) is 41.8 Å². The molecule has 3 rings (SSSR count). The molecule has 0 radical (unpaired) electrons. The lowest BCUT2D eigenvalue weighted by Gasteiger charge is -2.19. The van der Waals surface area contributed by atoms with E-state index in [-0.39, 0.29) is 17.8 Å². The third-order valence-corrected chi connectivity index (χ3v) is 4.29. The molecule has 1 saturated heterocycles. The maximum Gasteiger partial charge on any atom is 0.229 e. The van der Waals surface area contributed by atoms with Crippen LogP contribution in [0.25, 0.3) is 0 Å². The number of aryl methyl sites for hydroxylation is 1. The predicted octanol–water partition coefficient (Wildman–Crippen LogP) is 3.03. The lowest BCUT2D eigenvalue weighted by molar-refractivity contribution is -0.119. The minimum absolute atomic E-state index is 0.00937. The standard InChI is InChI=1S/C19H24FN5O/c1-3-4-16-11-18(25-10-9-17(12-25)21-13(2)26)24-19(23-16)22-15-7-5-14(20)6-8-15/h5-8,11,17H,3-4,9-10,12H2,1-2H3,(H,21,26)(H,22,23,24)/t17-/m1/s1. The van der Waals surface area contributed by atoms with Gasteiger partial charge in [0.25, 0.3) is 0 Å². The van der Waals surface area contributed by atoms with Crippen molar-refractivity contribution in [2.24, 2.45) is 0 Å². The van der Waals surface area contributed by atoms with Crippen LogP contribution in [0.4, 0.5) is 21.8 Å². The van der Waals surface area contributed by atoms with Crippen LogP contribution in [-0.4, -0.2) is 35.0 Å². The molecule has 0 spiro atoms. The topological polar surface area (TPSA) is 70.2 Å². The van der Waals surface area contributed by atoms with Gasteiger partial charge in [0.1, 0.15) is 11.6 Å². The van der Waals surface area contributed by atoms with Crippen LogP contribution < -0.4 is 15.5 Å². The molecule has 2 aromatic rings. The molecule has 0 bridgehead atoms. The molecule has 2 N–H and O–H groups in total. The number of aromatic nitrogens is 2. The van der Waals surface area contributed by atoms with E-state index in [9.17, 15) is 9.18 Å². The molecule has 2 heterocycles. The van der Waals surface area contributed by atoms with Gasteiger partial charge in [-0.25, -0.2) is 9.37 Å². The Morgan fingerprint density at radius 3 is 2.77 bits per heavy atom. The van der Waals surface area contributed by atoms with Gasteiger partial charge in [-0.1, -0.05) is 13.3 Å². The van der Waals surface area contributed by atoms with E-state index in [1.165, 1.54) is 19.1 Å². The minimum atomic E-state index is -0.280. The first-order valence-electron chi connectivity index (χ1n) is 8.96. The van der Waals surface area contributed by atoms with Crippen LogP contribution in [0.5, 0.6) is 0 Å². The highest BCUT2D eigenvalue weighted by atomic mass is 19.1. The van der Waals surface area contributed by atoms with E-state index in [1.807, 2.05) is 6.07 Å². The molecule has 1 aromatic heterocycles. The Kier molecular flexibility index (Phi) is 5.65. The van der Waals surface area contributed by atoms with E-state index >= 15 is 0 Å². The summed E-state index contributed by atoms with van der Waals surface area (Å²) in [6.45, 7) is 5.22. The van der Waals surface area contributed by atoms with Gasteiger partial charge < -0.3 is 15.5 Å². The second kappa shape index (κ2) is 8.12. The molecule has 1 aliphatic rings. The van der Waals surface area contributed by atoms with Crippen LogP contribution >= 0.6 is 0 Å². The first-order valence-corrected chi connectivity index (χ1v) is 8.96. The summed E-state index contributed by atoms with van der Waals surface area (Å²) in [4.78, 5) is 22.6. The number of nitrogens with one attached hydrogen (secondary N) is 2. The number of hydrogen-bond donors (Lipinski definition) is 2. The average Bonchev–Trinajstić information content (AvgIpc) is 3.05. The summed E-state index contributed by atoms with van der Waals surface area (Å²) in [6.07, 6.45) is 2.74. The first kappa shape index (κ1) is 18.1.